The van der Waals surface area contributed by atoms with Gasteiger partial charge in [-0.1, -0.05) is 6.92 Å². The molecule has 10 nitrogen and oxygen atoms in total. The van der Waals surface area contributed by atoms with Crippen molar-refractivity contribution in [2.75, 3.05) is 61.5 Å². The van der Waals surface area contributed by atoms with Gasteiger partial charge in [0.25, 0.3) is 0 Å². The average Bonchev–Trinajstić information content (AvgIpc) is 2.90. The first-order chi connectivity index (χ1) is 19.1. The van der Waals surface area contributed by atoms with Crippen LogP contribution in [0, 0.1) is 17.3 Å². The van der Waals surface area contributed by atoms with Crippen LogP contribution >= 0.6 is 0 Å². The summed E-state index contributed by atoms with van der Waals surface area (Å²) in [5, 5.41) is 11.2. The first-order valence-electron chi connectivity index (χ1n) is 15.4. The highest BCUT2D eigenvalue weighted by Crippen LogP contribution is 2.36. The van der Waals surface area contributed by atoms with Crippen molar-refractivity contribution >= 4 is 11.8 Å². The monoisotopic (exact) mass is 583 g/mol. The van der Waals surface area contributed by atoms with Gasteiger partial charge in [-0.25, -0.2) is 0 Å². The quantitative estimate of drug-likeness (QED) is 0.384. The number of likely N-dealkylation sites (N-methyl/N-ethyl adjacent to an activating group) is 2. The molecule has 3 aliphatic rings. The lowest BCUT2D eigenvalue weighted by Gasteiger charge is -2.45. The van der Waals surface area contributed by atoms with E-state index in [9.17, 15) is 14.7 Å². The van der Waals surface area contributed by atoms with Gasteiger partial charge in [-0.3, -0.25) is 14.5 Å². The molecule has 3 heterocycles. The Morgan fingerprint density at radius 2 is 1.71 bits per heavy atom. The van der Waals surface area contributed by atoms with Crippen LogP contribution in [0.1, 0.15) is 66.7 Å². The number of cyclic esters (lactones) is 1. The van der Waals surface area contributed by atoms with Crippen LogP contribution in [0.15, 0.2) is 0 Å². The minimum atomic E-state index is -1.36. The van der Waals surface area contributed by atoms with Gasteiger partial charge in [0, 0.05) is 32.2 Å². The third-order valence-electron chi connectivity index (χ3n) is 9.91. The Balaban J connectivity index is 1.93. The lowest BCUT2D eigenvalue weighted by molar-refractivity contribution is -0.289. The van der Waals surface area contributed by atoms with Crippen LogP contribution in [0.25, 0.3) is 0 Å². The molecule has 3 fully saturated rings. The van der Waals surface area contributed by atoms with Gasteiger partial charge in [-0.15, -0.1) is 0 Å². The molecule has 0 unspecified atom stereocenters. The summed E-state index contributed by atoms with van der Waals surface area (Å²) in [6.07, 6.45) is 0.582. The lowest BCUT2D eigenvalue weighted by atomic mass is 9.79. The number of hydrogen-bond acceptors (Lipinski definition) is 10. The van der Waals surface area contributed by atoms with Crippen molar-refractivity contribution < 1.29 is 33.6 Å². The van der Waals surface area contributed by atoms with Crippen LogP contribution in [0.4, 0.5) is 0 Å². The van der Waals surface area contributed by atoms with E-state index in [0.29, 0.717) is 18.8 Å². The third-order valence-corrected chi connectivity index (χ3v) is 9.91. The second-order valence-electron chi connectivity index (χ2n) is 14.0. The highest BCUT2D eigenvalue weighted by Gasteiger charge is 2.48. The molecule has 3 saturated heterocycles. The molecule has 0 aromatic carbocycles. The number of carbonyl (C=O) groups is 2. The Labute approximate surface area is 248 Å². The zero-order valence-electron chi connectivity index (χ0n) is 27.2. The Kier molecular flexibility index (Phi) is 11.8. The number of hydrogen-bond donors (Lipinski definition) is 1. The summed E-state index contributed by atoms with van der Waals surface area (Å²) >= 11 is 0. The maximum Gasteiger partial charge on any atom is 0.319 e. The van der Waals surface area contributed by atoms with Gasteiger partial charge in [0.2, 0.25) is 0 Å². The lowest BCUT2D eigenvalue weighted by Crippen LogP contribution is -2.57. The minimum Gasteiger partial charge on any atom is -0.463 e. The van der Waals surface area contributed by atoms with E-state index in [2.05, 4.69) is 30.8 Å². The van der Waals surface area contributed by atoms with Crippen molar-refractivity contribution in [3.05, 3.63) is 0 Å². The van der Waals surface area contributed by atoms with Crippen LogP contribution in [0.3, 0.4) is 0 Å². The average molecular weight is 584 g/mol. The standard InChI is InChI=1S/C31H57N3O7/c1-20-17-31(5,38-10)26(41-28-27(36)23(32(6)7)15-21(2)40-28)16-25(35)30(3,4)29(37)39-19-24(34(9)18-20)22-11-13-33(8)14-12-22/h20-24,26-28,36H,11-19H2,1-10H3/t20-,21-,23+,24-,26-,27-,28+,31-/m1/s1. The normalized spacial score (nSPS) is 39.6. The fourth-order valence-electron chi connectivity index (χ4n) is 6.87. The molecule has 0 amide bonds. The van der Waals surface area contributed by atoms with E-state index in [4.69, 9.17) is 18.9 Å². The molecule has 0 saturated carbocycles. The Bertz CT molecular complexity index is 878. The van der Waals surface area contributed by atoms with Gasteiger partial charge < -0.3 is 33.9 Å². The number of ether oxygens (including phenoxy) is 4. The highest BCUT2D eigenvalue weighted by molar-refractivity contribution is 6.03. The number of rotatable bonds is 5. The summed E-state index contributed by atoms with van der Waals surface area (Å²) in [6.45, 7) is 12.4. The molecule has 3 rings (SSSR count). The number of Topliss-reactive ketones (excluding diaryl/α,β-unsaturated/α-hetero) is 1. The zero-order valence-corrected chi connectivity index (χ0v) is 27.2. The Morgan fingerprint density at radius 3 is 2.29 bits per heavy atom. The SMILES string of the molecule is CO[C@]1(C)C[C@@H](C)CN(C)[C@@H](C2CCN(C)CC2)COC(=O)C(C)(C)C(=O)C[C@H]1O[C@@H]1O[C@H](C)C[C@H](N(C)C)[C@H]1O. The molecule has 0 spiro atoms. The van der Waals surface area contributed by atoms with Gasteiger partial charge in [0.05, 0.1) is 17.8 Å². The highest BCUT2D eigenvalue weighted by atomic mass is 16.7. The maximum atomic E-state index is 13.8. The molecular weight excluding hydrogens is 526 g/mol. The Morgan fingerprint density at radius 1 is 1.07 bits per heavy atom. The summed E-state index contributed by atoms with van der Waals surface area (Å²) in [5.74, 6) is -0.208. The summed E-state index contributed by atoms with van der Waals surface area (Å²) in [7, 11) is 9.74. The van der Waals surface area contributed by atoms with Crippen molar-refractivity contribution in [3.8, 4) is 0 Å². The number of piperidine rings is 1. The molecule has 8 atom stereocenters. The van der Waals surface area contributed by atoms with Crippen molar-refractivity contribution in [1.29, 1.82) is 0 Å². The van der Waals surface area contributed by atoms with Crippen LogP contribution in [0.2, 0.25) is 0 Å². The molecule has 0 aromatic rings. The topological polar surface area (TPSA) is 101 Å². The predicted octanol–water partition coefficient (Wildman–Crippen LogP) is 2.41. The van der Waals surface area contributed by atoms with E-state index in [1.165, 1.54) is 0 Å². The molecule has 0 aromatic heterocycles. The number of methoxy groups -OCH3 is 1. The number of esters is 1. The van der Waals surface area contributed by atoms with Crippen LogP contribution < -0.4 is 0 Å². The van der Waals surface area contributed by atoms with E-state index in [-0.39, 0.29) is 42.9 Å². The van der Waals surface area contributed by atoms with Gasteiger partial charge in [0.1, 0.15) is 18.1 Å². The molecule has 0 bridgehead atoms. The van der Waals surface area contributed by atoms with E-state index < -0.39 is 35.5 Å². The van der Waals surface area contributed by atoms with E-state index in [0.717, 1.165) is 32.5 Å². The molecule has 1 N–H and O–H groups in total. The maximum absolute atomic E-state index is 13.8. The molecule has 41 heavy (non-hydrogen) atoms. The van der Waals surface area contributed by atoms with E-state index in [1.807, 2.05) is 32.8 Å². The van der Waals surface area contributed by atoms with Crippen molar-refractivity contribution in [3.63, 3.8) is 0 Å². The molecule has 10 heteroatoms. The number of carbonyl (C=O) groups excluding carboxylic acids is 2. The largest absolute Gasteiger partial charge is 0.463 e. The van der Waals surface area contributed by atoms with Crippen LogP contribution in [0.5, 0.6) is 0 Å². The summed E-state index contributed by atoms with van der Waals surface area (Å²) in [4.78, 5) is 33.9. The van der Waals surface area contributed by atoms with Crippen LogP contribution in [-0.4, -0.2) is 135 Å². The van der Waals surface area contributed by atoms with Crippen molar-refractivity contribution in [2.45, 2.75) is 109 Å². The number of ketones is 1. The second kappa shape index (κ2) is 14.1. The fraction of sp³-hybridized carbons (Fsp3) is 0.935. The third kappa shape index (κ3) is 8.28. The van der Waals surface area contributed by atoms with Gasteiger partial charge in [0.15, 0.2) is 12.1 Å². The van der Waals surface area contributed by atoms with Gasteiger partial charge in [-0.05, 0) is 106 Å². The smallest absolute Gasteiger partial charge is 0.319 e. The molecular formula is C31H57N3O7. The zero-order chi connectivity index (χ0) is 30.7. The van der Waals surface area contributed by atoms with Crippen LogP contribution in [-0.2, 0) is 28.5 Å². The first kappa shape index (κ1) is 34.4. The molecule has 3 aliphatic heterocycles. The number of nitrogens with zero attached hydrogens (tertiary/aromatic N) is 3. The minimum absolute atomic E-state index is 0.0674. The first-order valence-corrected chi connectivity index (χ1v) is 15.4. The fourth-order valence-corrected chi connectivity index (χ4v) is 6.87. The molecule has 0 radical (unpaired) electrons. The summed E-state index contributed by atoms with van der Waals surface area (Å²) in [6, 6.07) is -0.0867. The van der Waals surface area contributed by atoms with E-state index >= 15 is 0 Å². The summed E-state index contributed by atoms with van der Waals surface area (Å²) in [5.41, 5.74) is -2.23. The van der Waals surface area contributed by atoms with Crippen molar-refractivity contribution in [2.24, 2.45) is 17.3 Å². The van der Waals surface area contributed by atoms with Gasteiger partial charge in [-0.2, -0.15) is 0 Å². The summed E-state index contributed by atoms with van der Waals surface area (Å²) < 4.78 is 24.7. The number of aliphatic hydroxyl groups excluding tert-OH is 1. The second-order valence-corrected chi connectivity index (χ2v) is 14.0. The molecule has 0 aliphatic carbocycles. The van der Waals surface area contributed by atoms with E-state index in [1.54, 1.807) is 21.0 Å². The number of aliphatic hydroxyl groups is 1. The van der Waals surface area contributed by atoms with Gasteiger partial charge >= 0.3 is 5.97 Å². The predicted molar refractivity (Wildman–Crippen MR) is 158 cm³/mol. The number of likely N-dealkylation sites (tertiary alicyclic amines) is 1. The van der Waals surface area contributed by atoms with Crippen molar-refractivity contribution in [1.82, 2.24) is 14.7 Å². The Hall–Kier alpha value is -1.14. The molecule has 238 valence electrons.